The Balaban J connectivity index is 1.54. The maximum absolute atomic E-state index is 13.4. The largest absolute Gasteiger partial charge is 0.497 e. The molecule has 7 heteroatoms. The van der Waals surface area contributed by atoms with Crippen LogP contribution in [0.15, 0.2) is 42.7 Å². The number of pyridine rings is 1. The normalized spacial score (nSPS) is 21.6. The number of hydrogen-bond donors (Lipinski definition) is 0. The summed E-state index contributed by atoms with van der Waals surface area (Å²) in [5.74, 6) is 0.838. The van der Waals surface area contributed by atoms with Crippen LogP contribution in [0.25, 0.3) is 0 Å². The van der Waals surface area contributed by atoms with Crippen LogP contribution in [0.2, 0.25) is 0 Å². The van der Waals surface area contributed by atoms with Gasteiger partial charge in [0.2, 0.25) is 11.8 Å². The monoisotopic (exact) mass is 409 g/mol. The van der Waals surface area contributed by atoms with Crippen LogP contribution >= 0.6 is 0 Å². The number of nitrogens with zero attached hydrogens (tertiary/aromatic N) is 3. The summed E-state index contributed by atoms with van der Waals surface area (Å²) in [4.78, 5) is 34.1. The Morgan fingerprint density at radius 3 is 2.77 bits per heavy atom. The summed E-state index contributed by atoms with van der Waals surface area (Å²) < 4.78 is 10.7. The lowest BCUT2D eigenvalue weighted by Gasteiger charge is -2.37. The average Bonchev–Trinajstić information content (AvgIpc) is 3.20. The topological polar surface area (TPSA) is 72.0 Å². The van der Waals surface area contributed by atoms with Crippen LogP contribution in [-0.4, -0.2) is 49.0 Å². The second-order valence-electron chi connectivity index (χ2n) is 7.77. The number of benzene rings is 1. The highest BCUT2D eigenvalue weighted by molar-refractivity contribution is 6.01. The van der Waals surface area contributed by atoms with Crippen molar-refractivity contribution < 1.29 is 19.1 Å². The van der Waals surface area contributed by atoms with E-state index in [-0.39, 0.29) is 30.2 Å². The zero-order valence-electron chi connectivity index (χ0n) is 17.4. The van der Waals surface area contributed by atoms with Gasteiger partial charge in [-0.2, -0.15) is 0 Å². The predicted molar refractivity (Wildman–Crippen MR) is 113 cm³/mol. The van der Waals surface area contributed by atoms with E-state index in [1.54, 1.807) is 37.4 Å². The third kappa shape index (κ3) is 3.84. The Bertz CT molecular complexity index is 918. The molecule has 2 aliphatic rings. The van der Waals surface area contributed by atoms with Crippen molar-refractivity contribution in [1.29, 1.82) is 0 Å². The molecule has 0 N–H and O–H groups in total. The van der Waals surface area contributed by atoms with Gasteiger partial charge in [-0.3, -0.25) is 14.6 Å². The molecule has 0 aliphatic carbocycles. The lowest BCUT2D eigenvalue weighted by molar-refractivity contribution is -0.139. The molecule has 1 aromatic heterocycles. The van der Waals surface area contributed by atoms with Crippen molar-refractivity contribution in [2.75, 3.05) is 32.2 Å². The Hall–Kier alpha value is -3.09. The molecular weight excluding hydrogens is 382 g/mol. The minimum Gasteiger partial charge on any atom is -0.497 e. The van der Waals surface area contributed by atoms with Crippen LogP contribution in [-0.2, 0) is 9.59 Å². The third-order valence-corrected chi connectivity index (χ3v) is 6.01. The number of amides is 2. The Morgan fingerprint density at radius 1 is 1.17 bits per heavy atom. The van der Waals surface area contributed by atoms with Crippen molar-refractivity contribution in [2.45, 2.75) is 31.7 Å². The van der Waals surface area contributed by atoms with Crippen LogP contribution in [0, 0.1) is 5.92 Å². The molecule has 3 heterocycles. The number of carbonyl (C=O) groups excluding carboxylic acids is 2. The molecule has 0 bridgehead atoms. The van der Waals surface area contributed by atoms with E-state index in [9.17, 15) is 9.59 Å². The number of ether oxygens (including phenoxy) is 2. The number of methoxy groups -OCH3 is 2. The SMILES string of the molecule is COc1ccc(N2C[C@H](C(=O)N3CCCC[C@H]3c3cccnc3)CC2=O)c(OC)c1. The van der Waals surface area contributed by atoms with Crippen LogP contribution in [0.5, 0.6) is 11.5 Å². The summed E-state index contributed by atoms with van der Waals surface area (Å²) >= 11 is 0. The highest BCUT2D eigenvalue weighted by atomic mass is 16.5. The Morgan fingerprint density at radius 2 is 2.03 bits per heavy atom. The average molecular weight is 409 g/mol. The first-order valence-corrected chi connectivity index (χ1v) is 10.3. The number of likely N-dealkylation sites (tertiary alicyclic amines) is 1. The van der Waals surface area contributed by atoms with Crippen molar-refractivity contribution in [3.05, 3.63) is 48.3 Å². The molecule has 30 heavy (non-hydrogen) atoms. The predicted octanol–water partition coefficient (Wildman–Crippen LogP) is 3.21. The minimum atomic E-state index is -0.360. The number of carbonyl (C=O) groups is 2. The molecule has 2 aliphatic heterocycles. The van der Waals surface area contributed by atoms with E-state index in [0.717, 1.165) is 31.4 Å². The summed E-state index contributed by atoms with van der Waals surface area (Å²) in [6.45, 7) is 1.07. The fraction of sp³-hybridized carbons (Fsp3) is 0.435. The second-order valence-corrected chi connectivity index (χ2v) is 7.77. The van der Waals surface area contributed by atoms with E-state index in [4.69, 9.17) is 9.47 Å². The van der Waals surface area contributed by atoms with E-state index in [2.05, 4.69) is 4.98 Å². The zero-order valence-corrected chi connectivity index (χ0v) is 17.4. The maximum atomic E-state index is 13.4. The van der Waals surface area contributed by atoms with Gasteiger partial charge in [-0.15, -0.1) is 0 Å². The molecule has 0 spiro atoms. The molecule has 2 amide bonds. The second kappa shape index (κ2) is 8.73. The summed E-state index contributed by atoms with van der Waals surface area (Å²) in [6.07, 6.45) is 6.79. The highest BCUT2D eigenvalue weighted by Crippen LogP contribution is 2.38. The first-order chi connectivity index (χ1) is 14.6. The van der Waals surface area contributed by atoms with Gasteiger partial charge in [0, 0.05) is 38.0 Å². The van der Waals surface area contributed by atoms with E-state index in [0.29, 0.717) is 23.7 Å². The quantitative estimate of drug-likeness (QED) is 0.758. The van der Waals surface area contributed by atoms with Gasteiger partial charge in [-0.25, -0.2) is 0 Å². The van der Waals surface area contributed by atoms with Gasteiger partial charge in [-0.1, -0.05) is 6.07 Å². The lowest BCUT2D eigenvalue weighted by atomic mass is 9.94. The molecule has 0 unspecified atom stereocenters. The van der Waals surface area contributed by atoms with Gasteiger partial charge < -0.3 is 19.3 Å². The van der Waals surface area contributed by atoms with E-state index < -0.39 is 0 Å². The summed E-state index contributed by atoms with van der Waals surface area (Å²) in [6, 6.07) is 9.31. The van der Waals surface area contributed by atoms with Crippen LogP contribution in [0.4, 0.5) is 5.69 Å². The third-order valence-electron chi connectivity index (χ3n) is 6.01. The molecule has 2 atom stereocenters. The van der Waals surface area contributed by atoms with Gasteiger partial charge in [-0.05, 0) is 43.0 Å². The Kier molecular flexibility index (Phi) is 5.88. The first kappa shape index (κ1) is 20.2. The Labute approximate surface area is 176 Å². The molecule has 2 aromatic rings. The lowest BCUT2D eigenvalue weighted by Crippen LogP contribution is -2.42. The number of rotatable bonds is 5. The van der Waals surface area contributed by atoms with Crippen molar-refractivity contribution in [1.82, 2.24) is 9.88 Å². The molecule has 0 saturated carbocycles. The molecule has 2 fully saturated rings. The van der Waals surface area contributed by atoms with Crippen molar-refractivity contribution in [3.8, 4) is 11.5 Å². The summed E-state index contributed by atoms with van der Waals surface area (Å²) in [7, 11) is 3.15. The molecule has 4 rings (SSSR count). The minimum absolute atomic E-state index is 0.0274. The molecule has 158 valence electrons. The van der Waals surface area contributed by atoms with E-state index >= 15 is 0 Å². The van der Waals surface area contributed by atoms with Gasteiger partial charge in [0.25, 0.3) is 0 Å². The smallest absolute Gasteiger partial charge is 0.228 e. The van der Waals surface area contributed by atoms with Gasteiger partial charge in [0.1, 0.15) is 11.5 Å². The van der Waals surface area contributed by atoms with Crippen LogP contribution in [0.1, 0.15) is 37.3 Å². The van der Waals surface area contributed by atoms with E-state index in [1.807, 2.05) is 29.3 Å². The number of piperidine rings is 1. The zero-order chi connectivity index (χ0) is 21.1. The standard InChI is InChI=1S/C23H27N3O4/c1-29-18-8-9-20(21(13-18)30-2)26-15-17(12-22(26)27)23(28)25-11-4-3-7-19(25)16-6-5-10-24-14-16/h5-6,8-10,13-14,17,19H,3-4,7,11-12,15H2,1-2H3/t17-,19+/m1/s1. The summed E-state index contributed by atoms with van der Waals surface area (Å²) in [5, 5.41) is 0. The molecule has 7 nitrogen and oxygen atoms in total. The van der Waals surface area contributed by atoms with Crippen molar-refractivity contribution >= 4 is 17.5 Å². The van der Waals surface area contributed by atoms with E-state index in [1.165, 1.54) is 0 Å². The molecule has 2 saturated heterocycles. The highest BCUT2D eigenvalue weighted by Gasteiger charge is 2.40. The number of aromatic nitrogens is 1. The number of hydrogen-bond acceptors (Lipinski definition) is 5. The van der Waals surface area contributed by atoms with Gasteiger partial charge >= 0.3 is 0 Å². The van der Waals surface area contributed by atoms with Crippen molar-refractivity contribution in [2.24, 2.45) is 5.92 Å². The first-order valence-electron chi connectivity index (χ1n) is 10.3. The van der Waals surface area contributed by atoms with Gasteiger partial charge in [0.05, 0.1) is 31.9 Å². The fourth-order valence-corrected chi connectivity index (χ4v) is 4.46. The molecule has 1 aromatic carbocycles. The number of anilines is 1. The maximum Gasteiger partial charge on any atom is 0.228 e. The molecule has 0 radical (unpaired) electrons. The van der Waals surface area contributed by atoms with Crippen LogP contribution < -0.4 is 14.4 Å². The fourth-order valence-electron chi connectivity index (χ4n) is 4.46. The summed E-state index contributed by atoms with van der Waals surface area (Å²) in [5.41, 5.74) is 1.73. The molecular formula is C23H27N3O4. The van der Waals surface area contributed by atoms with Crippen molar-refractivity contribution in [3.63, 3.8) is 0 Å². The van der Waals surface area contributed by atoms with Crippen LogP contribution in [0.3, 0.4) is 0 Å². The van der Waals surface area contributed by atoms with Gasteiger partial charge in [0.15, 0.2) is 0 Å².